The predicted molar refractivity (Wildman–Crippen MR) is 155 cm³/mol. The number of hydrogen-bond donors (Lipinski definition) is 3. The lowest BCUT2D eigenvalue weighted by Crippen LogP contribution is -2.23. The quantitative estimate of drug-likeness (QED) is 0.228. The maximum Gasteiger partial charge on any atom is 0.272 e. The second-order valence-corrected chi connectivity index (χ2v) is 9.31. The molecule has 0 unspecified atom stereocenters. The second kappa shape index (κ2) is 11.2. The summed E-state index contributed by atoms with van der Waals surface area (Å²) in [7, 11) is 0. The van der Waals surface area contributed by atoms with Gasteiger partial charge in [0.25, 0.3) is 5.91 Å². The van der Waals surface area contributed by atoms with Crippen LogP contribution in [0.1, 0.15) is 27.3 Å². The van der Waals surface area contributed by atoms with Crippen molar-refractivity contribution in [2.24, 2.45) is 0 Å². The van der Waals surface area contributed by atoms with Gasteiger partial charge in [-0.1, -0.05) is 54.6 Å². The topological polar surface area (TPSA) is 111 Å². The number of amides is 1. The Morgan fingerprint density at radius 2 is 1.85 bits per heavy atom. The maximum atomic E-state index is 13.0. The van der Waals surface area contributed by atoms with Crippen molar-refractivity contribution in [3.63, 3.8) is 0 Å². The lowest BCUT2D eigenvalue weighted by Gasteiger charge is -2.14. The van der Waals surface area contributed by atoms with Crippen LogP contribution in [0.25, 0.3) is 22.6 Å². The summed E-state index contributed by atoms with van der Waals surface area (Å²) in [6.07, 6.45) is 1.74. The molecular weight excluding hydrogens is 510 g/mol. The summed E-state index contributed by atoms with van der Waals surface area (Å²) < 4.78 is 1.66. The van der Waals surface area contributed by atoms with E-state index in [4.69, 9.17) is 17.3 Å². The Kier molecular flexibility index (Phi) is 7.38. The number of nitrogens with one attached hydrogen (secondary N) is 2. The number of para-hydroxylation sites is 1. The van der Waals surface area contributed by atoms with Gasteiger partial charge >= 0.3 is 0 Å². The van der Waals surface area contributed by atoms with Gasteiger partial charge in [-0.25, -0.2) is 9.67 Å². The van der Waals surface area contributed by atoms with Crippen LogP contribution in [0, 0.1) is 6.92 Å². The standard InChI is InChI=1S/C30H26ClN7O/c1-19-11-12-21(17-33-19)18-34-30(39)27-16-29(38(37-27)23-7-4-3-5-8-23)35-20(2)24-15-22(13-14-25(24)31)26-9-6-10-28(32)36-26/h3-17,35H,2,18H2,1H3,(H2,32,36)(H,34,39). The normalized spacial score (nSPS) is 10.7. The molecule has 0 saturated heterocycles. The first-order valence-electron chi connectivity index (χ1n) is 12.2. The number of halogens is 1. The Hall–Kier alpha value is -4.95. The molecule has 4 N–H and O–H groups in total. The number of benzene rings is 2. The van der Waals surface area contributed by atoms with Crippen LogP contribution in [0.2, 0.25) is 5.02 Å². The zero-order valence-corrected chi connectivity index (χ0v) is 22.0. The number of aromatic nitrogens is 4. The van der Waals surface area contributed by atoms with Gasteiger partial charge in [0.2, 0.25) is 0 Å². The van der Waals surface area contributed by atoms with Gasteiger partial charge in [0.05, 0.1) is 11.4 Å². The summed E-state index contributed by atoms with van der Waals surface area (Å²) in [5, 5.41) is 11.3. The number of carbonyl (C=O) groups excluding carboxylic acids is 1. The first kappa shape index (κ1) is 25.7. The molecule has 2 aromatic carbocycles. The van der Waals surface area contributed by atoms with E-state index < -0.39 is 0 Å². The number of nitrogens with two attached hydrogens (primary N) is 1. The summed E-state index contributed by atoms with van der Waals surface area (Å²) in [6.45, 7) is 6.47. The largest absolute Gasteiger partial charge is 0.384 e. The molecule has 0 saturated carbocycles. The minimum absolute atomic E-state index is 0.248. The van der Waals surface area contributed by atoms with E-state index in [9.17, 15) is 4.79 Å². The van der Waals surface area contributed by atoms with Crippen molar-refractivity contribution >= 4 is 34.8 Å². The summed E-state index contributed by atoms with van der Waals surface area (Å²) in [4.78, 5) is 21.7. The first-order chi connectivity index (χ1) is 18.9. The molecule has 0 radical (unpaired) electrons. The van der Waals surface area contributed by atoms with E-state index in [2.05, 4.69) is 32.3 Å². The number of aryl methyl sites for hydroxylation is 1. The van der Waals surface area contributed by atoms with E-state index in [0.29, 0.717) is 34.5 Å². The minimum atomic E-state index is -0.313. The molecule has 0 aliphatic carbocycles. The molecule has 5 rings (SSSR count). The van der Waals surface area contributed by atoms with Gasteiger partial charge in [0.15, 0.2) is 5.69 Å². The predicted octanol–water partition coefficient (Wildman–Crippen LogP) is 5.89. The van der Waals surface area contributed by atoms with Crippen molar-refractivity contribution < 1.29 is 4.79 Å². The van der Waals surface area contributed by atoms with Gasteiger partial charge in [-0.3, -0.25) is 9.78 Å². The molecule has 0 aliphatic heterocycles. The molecule has 0 atom stereocenters. The molecule has 3 heterocycles. The molecule has 0 spiro atoms. The summed E-state index contributed by atoms with van der Waals surface area (Å²) >= 11 is 6.56. The van der Waals surface area contributed by atoms with Crippen LogP contribution in [0.15, 0.2) is 97.7 Å². The Morgan fingerprint density at radius 1 is 1.03 bits per heavy atom. The highest BCUT2D eigenvalue weighted by Crippen LogP contribution is 2.30. The van der Waals surface area contributed by atoms with E-state index in [1.54, 1.807) is 29.1 Å². The van der Waals surface area contributed by atoms with Crippen LogP contribution in [0.4, 0.5) is 11.6 Å². The molecule has 1 amide bonds. The third kappa shape index (κ3) is 5.97. The van der Waals surface area contributed by atoms with Crippen LogP contribution in [0.5, 0.6) is 0 Å². The molecule has 194 valence electrons. The van der Waals surface area contributed by atoms with Crippen LogP contribution in [-0.2, 0) is 6.54 Å². The summed E-state index contributed by atoms with van der Waals surface area (Å²) in [6, 6.07) is 26.1. The number of anilines is 2. The molecule has 0 fully saturated rings. The third-order valence-corrected chi connectivity index (χ3v) is 6.33. The fourth-order valence-corrected chi connectivity index (χ4v) is 4.20. The summed E-state index contributed by atoms with van der Waals surface area (Å²) in [5.41, 5.74) is 11.5. The van der Waals surface area contributed by atoms with Crippen LogP contribution >= 0.6 is 11.6 Å². The average molecular weight is 536 g/mol. The molecule has 39 heavy (non-hydrogen) atoms. The van der Waals surface area contributed by atoms with E-state index in [1.165, 1.54) is 0 Å². The Labute approximate surface area is 231 Å². The van der Waals surface area contributed by atoms with Crippen molar-refractivity contribution in [1.82, 2.24) is 25.1 Å². The van der Waals surface area contributed by atoms with Crippen molar-refractivity contribution in [2.75, 3.05) is 11.1 Å². The van der Waals surface area contributed by atoms with Gasteiger partial charge in [0, 0.05) is 46.3 Å². The average Bonchev–Trinajstić information content (AvgIpc) is 3.37. The molecular formula is C30H26ClN7O. The van der Waals surface area contributed by atoms with Crippen molar-refractivity contribution in [2.45, 2.75) is 13.5 Å². The fraction of sp³-hybridized carbons (Fsp3) is 0.0667. The zero-order valence-electron chi connectivity index (χ0n) is 21.2. The maximum absolute atomic E-state index is 13.0. The molecule has 0 bridgehead atoms. The van der Waals surface area contributed by atoms with Gasteiger partial charge in [-0.15, -0.1) is 0 Å². The van der Waals surface area contributed by atoms with E-state index >= 15 is 0 Å². The lowest BCUT2D eigenvalue weighted by atomic mass is 10.1. The Morgan fingerprint density at radius 3 is 2.59 bits per heavy atom. The van der Waals surface area contributed by atoms with Crippen LogP contribution in [-0.4, -0.2) is 25.7 Å². The van der Waals surface area contributed by atoms with E-state index in [0.717, 1.165) is 28.2 Å². The number of carbonyl (C=O) groups is 1. The first-order valence-corrected chi connectivity index (χ1v) is 12.6. The van der Waals surface area contributed by atoms with Gasteiger partial charge in [0.1, 0.15) is 11.6 Å². The number of nitrogen functional groups attached to an aromatic ring is 1. The minimum Gasteiger partial charge on any atom is -0.384 e. The number of hydrogen-bond acceptors (Lipinski definition) is 6. The molecule has 5 aromatic rings. The highest BCUT2D eigenvalue weighted by Gasteiger charge is 2.17. The lowest BCUT2D eigenvalue weighted by molar-refractivity contribution is 0.0945. The van der Waals surface area contributed by atoms with Crippen LogP contribution < -0.4 is 16.4 Å². The molecule has 0 aliphatic rings. The van der Waals surface area contributed by atoms with Crippen molar-refractivity contribution in [1.29, 1.82) is 0 Å². The second-order valence-electron chi connectivity index (χ2n) is 8.90. The number of rotatable bonds is 8. The molecule has 3 aromatic heterocycles. The Balaban J connectivity index is 1.42. The fourth-order valence-electron chi connectivity index (χ4n) is 3.97. The Bertz CT molecular complexity index is 1650. The monoisotopic (exact) mass is 535 g/mol. The zero-order chi connectivity index (χ0) is 27.4. The van der Waals surface area contributed by atoms with Crippen molar-refractivity contribution in [3.8, 4) is 16.9 Å². The number of nitrogens with zero attached hydrogens (tertiary/aromatic N) is 4. The van der Waals surface area contributed by atoms with Gasteiger partial charge < -0.3 is 16.4 Å². The van der Waals surface area contributed by atoms with Crippen LogP contribution in [0.3, 0.4) is 0 Å². The van der Waals surface area contributed by atoms with Gasteiger partial charge in [-0.2, -0.15) is 5.10 Å². The SMILES string of the molecule is C=C(Nc1cc(C(=O)NCc2ccc(C)nc2)nn1-c1ccccc1)c1cc(-c2cccc(N)n2)ccc1Cl. The van der Waals surface area contributed by atoms with Crippen molar-refractivity contribution in [3.05, 3.63) is 125 Å². The molecule has 8 nitrogen and oxygen atoms in total. The highest BCUT2D eigenvalue weighted by molar-refractivity contribution is 6.32. The third-order valence-electron chi connectivity index (χ3n) is 6.01. The smallest absolute Gasteiger partial charge is 0.272 e. The van der Waals surface area contributed by atoms with E-state index in [-0.39, 0.29) is 11.6 Å². The highest BCUT2D eigenvalue weighted by atomic mass is 35.5. The summed E-state index contributed by atoms with van der Waals surface area (Å²) in [5.74, 6) is 0.667. The number of pyridine rings is 2. The van der Waals surface area contributed by atoms with Gasteiger partial charge in [-0.05, 0) is 55.0 Å². The molecule has 9 heteroatoms. The van der Waals surface area contributed by atoms with E-state index in [1.807, 2.05) is 73.7 Å².